The number of hydrogen-bond donors (Lipinski definition) is 0. The van der Waals surface area contributed by atoms with Crippen LogP contribution >= 0.6 is 0 Å². The van der Waals surface area contributed by atoms with E-state index in [0.717, 1.165) is 32.8 Å². The molecule has 5 heteroatoms. The molecular weight excluding hydrogens is 254 g/mol. The number of ether oxygens (including phenoxy) is 1. The number of rotatable bonds is 5. The zero-order valence-corrected chi connectivity index (χ0v) is 12.1. The fourth-order valence-electron chi connectivity index (χ4n) is 2.96. The second-order valence-electron chi connectivity index (χ2n) is 5.35. The highest BCUT2D eigenvalue weighted by Gasteiger charge is 2.29. The summed E-state index contributed by atoms with van der Waals surface area (Å²) in [6, 6.07) is 2.02. The van der Waals surface area contributed by atoms with Crippen LogP contribution < -0.4 is 0 Å². The van der Waals surface area contributed by atoms with Crippen molar-refractivity contribution in [1.82, 2.24) is 14.5 Å². The third kappa shape index (κ3) is 2.64. The Morgan fingerprint density at radius 3 is 3.15 bits per heavy atom. The molecule has 0 spiro atoms. The van der Waals surface area contributed by atoms with E-state index in [1.54, 1.807) is 6.26 Å². The average molecular weight is 275 g/mol. The fourth-order valence-corrected chi connectivity index (χ4v) is 2.96. The summed E-state index contributed by atoms with van der Waals surface area (Å²) in [6.45, 7) is 6.34. The molecule has 0 bridgehead atoms. The summed E-state index contributed by atoms with van der Waals surface area (Å²) in [5, 5.41) is 0. The number of fused-ring (bicyclic) bond motifs is 1. The molecule has 3 rings (SSSR count). The predicted molar refractivity (Wildman–Crippen MR) is 75.3 cm³/mol. The molecular formula is C15H21N3O2. The van der Waals surface area contributed by atoms with Gasteiger partial charge in [0, 0.05) is 50.5 Å². The lowest BCUT2D eigenvalue weighted by Crippen LogP contribution is -2.35. The van der Waals surface area contributed by atoms with Gasteiger partial charge in [-0.2, -0.15) is 0 Å². The van der Waals surface area contributed by atoms with Crippen molar-refractivity contribution >= 4 is 0 Å². The molecule has 0 fully saturated rings. The van der Waals surface area contributed by atoms with Gasteiger partial charge in [-0.25, -0.2) is 4.98 Å². The van der Waals surface area contributed by atoms with Crippen molar-refractivity contribution in [2.24, 2.45) is 7.05 Å². The quantitative estimate of drug-likeness (QED) is 0.838. The standard InChI is InChI=1S/C15H21N3O2/c1-3-19-10-13-7-18(6-12-4-5-20-9-12)8-14-15(13)17(2)11-16-14/h4-5,9,11,13H,3,6-8,10H2,1-2H3. The summed E-state index contributed by atoms with van der Waals surface area (Å²) in [5.74, 6) is 0.387. The van der Waals surface area contributed by atoms with Crippen molar-refractivity contribution in [3.8, 4) is 0 Å². The van der Waals surface area contributed by atoms with Gasteiger partial charge in [-0.05, 0) is 13.0 Å². The summed E-state index contributed by atoms with van der Waals surface area (Å²) < 4.78 is 12.9. The Kier molecular flexibility index (Phi) is 3.89. The normalized spacial score (nSPS) is 19.2. The maximum absolute atomic E-state index is 5.65. The average Bonchev–Trinajstić information content (AvgIpc) is 3.07. The van der Waals surface area contributed by atoms with Crippen LogP contribution in [0.25, 0.3) is 0 Å². The summed E-state index contributed by atoms with van der Waals surface area (Å²) >= 11 is 0. The molecule has 1 atom stereocenters. The molecule has 5 nitrogen and oxygen atoms in total. The van der Waals surface area contributed by atoms with Crippen LogP contribution in [0.4, 0.5) is 0 Å². The van der Waals surface area contributed by atoms with Gasteiger partial charge >= 0.3 is 0 Å². The number of nitrogens with zero attached hydrogens (tertiary/aromatic N) is 3. The van der Waals surface area contributed by atoms with Crippen molar-refractivity contribution in [3.63, 3.8) is 0 Å². The zero-order chi connectivity index (χ0) is 13.9. The Morgan fingerprint density at radius 2 is 2.40 bits per heavy atom. The van der Waals surface area contributed by atoms with Gasteiger partial charge in [-0.15, -0.1) is 0 Å². The Balaban J connectivity index is 1.77. The van der Waals surface area contributed by atoms with Crippen LogP contribution in [-0.4, -0.2) is 34.2 Å². The SMILES string of the molecule is CCOCC1CN(Cc2ccoc2)Cc2ncn(C)c21. The van der Waals surface area contributed by atoms with Crippen molar-refractivity contribution in [3.05, 3.63) is 41.9 Å². The Labute approximate surface area is 119 Å². The Hall–Kier alpha value is -1.59. The van der Waals surface area contributed by atoms with Gasteiger partial charge in [-0.3, -0.25) is 4.90 Å². The monoisotopic (exact) mass is 275 g/mol. The van der Waals surface area contributed by atoms with Gasteiger partial charge in [0.15, 0.2) is 0 Å². The number of hydrogen-bond acceptors (Lipinski definition) is 4. The first kappa shape index (κ1) is 13.4. The minimum atomic E-state index is 0.387. The summed E-state index contributed by atoms with van der Waals surface area (Å²) in [5.41, 5.74) is 3.70. The molecule has 108 valence electrons. The lowest BCUT2D eigenvalue weighted by molar-refractivity contribution is 0.102. The molecule has 0 N–H and O–H groups in total. The van der Waals surface area contributed by atoms with E-state index in [1.165, 1.54) is 17.0 Å². The summed E-state index contributed by atoms with van der Waals surface area (Å²) in [6.07, 6.45) is 5.44. The molecule has 1 unspecified atom stereocenters. The largest absolute Gasteiger partial charge is 0.472 e. The van der Waals surface area contributed by atoms with E-state index in [2.05, 4.69) is 21.5 Å². The van der Waals surface area contributed by atoms with Gasteiger partial charge in [-0.1, -0.05) is 0 Å². The molecule has 0 radical (unpaired) electrons. The van der Waals surface area contributed by atoms with Crippen molar-refractivity contribution < 1.29 is 9.15 Å². The van der Waals surface area contributed by atoms with E-state index >= 15 is 0 Å². The Morgan fingerprint density at radius 1 is 1.50 bits per heavy atom. The third-order valence-electron chi connectivity index (χ3n) is 3.81. The van der Waals surface area contributed by atoms with Gasteiger partial charge in [0.05, 0.1) is 31.2 Å². The fraction of sp³-hybridized carbons (Fsp3) is 0.533. The van der Waals surface area contributed by atoms with E-state index < -0.39 is 0 Å². The van der Waals surface area contributed by atoms with Crippen LogP contribution in [0.1, 0.15) is 29.8 Å². The van der Waals surface area contributed by atoms with Crippen molar-refractivity contribution in [2.45, 2.75) is 25.9 Å². The summed E-state index contributed by atoms with van der Waals surface area (Å²) in [7, 11) is 2.07. The highest BCUT2D eigenvalue weighted by atomic mass is 16.5. The van der Waals surface area contributed by atoms with Crippen molar-refractivity contribution in [1.29, 1.82) is 0 Å². The van der Waals surface area contributed by atoms with E-state index in [-0.39, 0.29) is 0 Å². The maximum Gasteiger partial charge on any atom is 0.0949 e. The minimum absolute atomic E-state index is 0.387. The molecule has 0 aromatic carbocycles. The second-order valence-corrected chi connectivity index (χ2v) is 5.35. The first-order valence-electron chi connectivity index (χ1n) is 7.09. The zero-order valence-electron chi connectivity index (χ0n) is 12.1. The van der Waals surface area contributed by atoms with Crippen LogP contribution in [-0.2, 0) is 24.9 Å². The molecule has 20 heavy (non-hydrogen) atoms. The van der Waals surface area contributed by atoms with Gasteiger partial charge in [0.1, 0.15) is 0 Å². The van der Waals surface area contributed by atoms with Crippen molar-refractivity contribution in [2.75, 3.05) is 19.8 Å². The van der Waals surface area contributed by atoms with Crippen LogP contribution in [0.2, 0.25) is 0 Å². The lowest BCUT2D eigenvalue weighted by Gasteiger charge is -2.32. The van der Waals surface area contributed by atoms with E-state index in [0.29, 0.717) is 5.92 Å². The molecule has 2 aromatic rings. The van der Waals surface area contributed by atoms with Crippen LogP contribution in [0.5, 0.6) is 0 Å². The molecule has 0 amide bonds. The number of furan rings is 1. The smallest absolute Gasteiger partial charge is 0.0949 e. The van der Waals surface area contributed by atoms with E-state index in [9.17, 15) is 0 Å². The van der Waals surface area contributed by atoms with Crippen LogP contribution in [0, 0.1) is 0 Å². The Bertz CT molecular complexity index is 547. The lowest BCUT2D eigenvalue weighted by atomic mass is 9.98. The maximum atomic E-state index is 5.65. The first-order valence-corrected chi connectivity index (χ1v) is 7.09. The molecule has 1 aliphatic heterocycles. The van der Waals surface area contributed by atoms with Crippen LogP contribution in [0.3, 0.4) is 0 Å². The van der Waals surface area contributed by atoms with E-state index in [1.807, 2.05) is 25.6 Å². The number of aryl methyl sites for hydroxylation is 1. The van der Waals surface area contributed by atoms with E-state index in [4.69, 9.17) is 9.15 Å². The highest BCUT2D eigenvalue weighted by molar-refractivity contribution is 5.22. The predicted octanol–water partition coefficient (Wildman–Crippen LogP) is 2.15. The van der Waals surface area contributed by atoms with Gasteiger partial charge < -0.3 is 13.7 Å². The highest BCUT2D eigenvalue weighted by Crippen LogP contribution is 2.28. The minimum Gasteiger partial charge on any atom is -0.472 e. The molecule has 0 aliphatic carbocycles. The molecule has 1 aliphatic rings. The first-order chi connectivity index (χ1) is 9.78. The van der Waals surface area contributed by atoms with Crippen LogP contribution in [0.15, 0.2) is 29.3 Å². The second kappa shape index (κ2) is 5.81. The topological polar surface area (TPSA) is 43.4 Å². The molecule has 2 aromatic heterocycles. The third-order valence-corrected chi connectivity index (χ3v) is 3.81. The summed E-state index contributed by atoms with van der Waals surface area (Å²) in [4.78, 5) is 6.94. The van der Waals surface area contributed by atoms with Gasteiger partial charge in [0.25, 0.3) is 0 Å². The molecule has 0 saturated carbocycles. The molecule has 0 saturated heterocycles. The number of imidazole rings is 1. The number of aromatic nitrogens is 2. The van der Waals surface area contributed by atoms with Gasteiger partial charge in [0.2, 0.25) is 0 Å². The molecule has 3 heterocycles.